The van der Waals surface area contributed by atoms with Crippen LogP contribution in [0.15, 0.2) is 24.3 Å². The molecule has 0 saturated heterocycles. The van der Waals surface area contributed by atoms with E-state index in [4.69, 9.17) is 4.98 Å². The zero-order valence-corrected chi connectivity index (χ0v) is 13.9. The molecule has 23 heavy (non-hydrogen) atoms. The third-order valence-corrected chi connectivity index (χ3v) is 5.85. The van der Waals surface area contributed by atoms with Crippen molar-refractivity contribution in [1.82, 2.24) is 9.88 Å². The van der Waals surface area contributed by atoms with Gasteiger partial charge in [0.05, 0.1) is 18.3 Å². The topological polar surface area (TPSA) is 36.4 Å². The number of hydrogen-bond acceptors (Lipinski definition) is 4. The number of hydrogen-bond donors (Lipinski definition) is 1. The highest BCUT2D eigenvalue weighted by molar-refractivity contribution is 7.11. The Hall–Kier alpha value is -1.30. The van der Waals surface area contributed by atoms with Crippen LogP contribution in [-0.2, 0) is 19.4 Å². The van der Waals surface area contributed by atoms with Gasteiger partial charge in [-0.1, -0.05) is 12.1 Å². The average molecular weight is 332 g/mol. The molecule has 1 atom stereocenters. The highest BCUT2D eigenvalue weighted by Gasteiger charge is 2.31. The van der Waals surface area contributed by atoms with Gasteiger partial charge in [-0.2, -0.15) is 0 Å². The van der Waals surface area contributed by atoms with E-state index in [0.717, 1.165) is 18.5 Å². The molecule has 2 aromatic rings. The molecule has 1 aromatic heterocycles. The second-order valence-corrected chi connectivity index (χ2v) is 7.73. The number of aliphatic hydroxyl groups excluding tert-OH is 1. The summed E-state index contributed by atoms with van der Waals surface area (Å²) < 4.78 is 13.0. The molecule has 0 amide bonds. The fraction of sp³-hybridized carbons (Fsp3) is 0.500. The molecular weight excluding hydrogens is 311 g/mol. The predicted molar refractivity (Wildman–Crippen MR) is 88.9 cm³/mol. The van der Waals surface area contributed by atoms with Gasteiger partial charge in [-0.25, -0.2) is 9.37 Å². The van der Waals surface area contributed by atoms with Crippen LogP contribution in [0.1, 0.15) is 46.5 Å². The Morgan fingerprint density at radius 1 is 1.26 bits per heavy atom. The smallest absolute Gasteiger partial charge is 0.123 e. The molecule has 1 unspecified atom stereocenters. The van der Waals surface area contributed by atoms with Crippen molar-refractivity contribution in [2.45, 2.75) is 50.8 Å². The fourth-order valence-electron chi connectivity index (χ4n) is 3.28. The van der Waals surface area contributed by atoms with E-state index < -0.39 is 6.10 Å². The Morgan fingerprint density at radius 2 is 2.04 bits per heavy atom. The number of rotatable bonds is 6. The lowest BCUT2D eigenvalue weighted by atomic mass is 10.1. The van der Waals surface area contributed by atoms with Crippen molar-refractivity contribution in [3.63, 3.8) is 0 Å². The van der Waals surface area contributed by atoms with Gasteiger partial charge in [-0.15, -0.1) is 11.3 Å². The highest BCUT2D eigenvalue weighted by Crippen LogP contribution is 2.33. The van der Waals surface area contributed by atoms with E-state index in [0.29, 0.717) is 12.6 Å². The molecule has 1 heterocycles. The third kappa shape index (κ3) is 3.47. The first-order chi connectivity index (χ1) is 11.2. The number of aliphatic hydroxyl groups is 1. The summed E-state index contributed by atoms with van der Waals surface area (Å²) >= 11 is 1.84. The number of aryl methyl sites for hydroxylation is 2. The molecule has 1 N–H and O–H groups in total. The Morgan fingerprint density at radius 3 is 2.74 bits per heavy atom. The van der Waals surface area contributed by atoms with Gasteiger partial charge in [0, 0.05) is 17.5 Å². The van der Waals surface area contributed by atoms with Crippen LogP contribution in [0.2, 0.25) is 0 Å². The molecule has 1 saturated carbocycles. The zero-order valence-electron chi connectivity index (χ0n) is 13.0. The first kappa shape index (κ1) is 15.2. The minimum atomic E-state index is -0.581. The minimum Gasteiger partial charge on any atom is -0.387 e. The lowest BCUT2D eigenvalue weighted by Crippen LogP contribution is -2.30. The molecule has 122 valence electrons. The van der Waals surface area contributed by atoms with Gasteiger partial charge in [-0.05, 0) is 49.8 Å². The molecule has 1 fully saturated rings. The number of aromatic nitrogens is 1. The Bertz CT molecular complexity index is 659. The summed E-state index contributed by atoms with van der Waals surface area (Å²) in [6.45, 7) is 1.40. The first-order valence-corrected chi connectivity index (χ1v) is 9.16. The number of thiazole rings is 1. The summed E-state index contributed by atoms with van der Waals surface area (Å²) in [6, 6.07) is 6.71. The van der Waals surface area contributed by atoms with Crippen molar-refractivity contribution in [3.8, 4) is 0 Å². The molecule has 4 rings (SSSR count). The maximum absolute atomic E-state index is 13.0. The number of fused-ring (bicyclic) bond motifs is 1. The Labute approximate surface area is 139 Å². The van der Waals surface area contributed by atoms with Crippen molar-refractivity contribution < 1.29 is 9.50 Å². The summed E-state index contributed by atoms with van der Waals surface area (Å²) in [6.07, 6.45) is 5.34. The Balaban J connectivity index is 1.44. The zero-order chi connectivity index (χ0) is 15.8. The van der Waals surface area contributed by atoms with Crippen molar-refractivity contribution in [2.24, 2.45) is 0 Å². The molecule has 0 bridgehead atoms. The third-order valence-electron chi connectivity index (χ3n) is 4.70. The average Bonchev–Trinajstić information content (AvgIpc) is 3.18. The van der Waals surface area contributed by atoms with E-state index in [-0.39, 0.29) is 5.82 Å². The predicted octanol–water partition coefficient (Wildman–Crippen LogP) is 3.47. The maximum Gasteiger partial charge on any atom is 0.123 e. The second kappa shape index (κ2) is 6.30. The first-order valence-electron chi connectivity index (χ1n) is 8.34. The molecule has 5 heteroatoms. The van der Waals surface area contributed by atoms with Crippen LogP contribution in [-0.4, -0.2) is 27.6 Å². The van der Waals surface area contributed by atoms with Crippen LogP contribution in [0.5, 0.6) is 0 Å². The van der Waals surface area contributed by atoms with E-state index >= 15 is 0 Å². The molecule has 0 radical (unpaired) electrons. The molecule has 0 spiro atoms. The van der Waals surface area contributed by atoms with Crippen LogP contribution in [0.4, 0.5) is 4.39 Å². The van der Waals surface area contributed by atoms with Gasteiger partial charge in [-0.3, -0.25) is 4.90 Å². The van der Waals surface area contributed by atoms with Gasteiger partial charge in [0.2, 0.25) is 0 Å². The normalized spacial score (nSPS) is 18.4. The van der Waals surface area contributed by atoms with E-state index in [1.807, 2.05) is 11.3 Å². The van der Waals surface area contributed by atoms with Gasteiger partial charge in [0.15, 0.2) is 0 Å². The van der Waals surface area contributed by atoms with E-state index in [9.17, 15) is 9.50 Å². The number of halogens is 1. The van der Waals surface area contributed by atoms with E-state index in [2.05, 4.69) is 4.90 Å². The fourth-order valence-corrected chi connectivity index (χ4v) is 4.46. The molecule has 1 aromatic carbocycles. The summed E-state index contributed by atoms with van der Waals surface area (Å²) in [5, 5.41) is 11.6. The molecule has 2 aliphatic rings. The lowest BCUT2D eigenvalue weighted by molar-refractivity contribution is 0.104. The standard InChI is InChI=1S/C18H21FN2OS/c19-13-6-4-12(5-7-13)16(22)10-21(14-8-9-14)11-18-20-15-2-1-3-17(15)23-18/h4-7,14,16,22H,1-3,8-11H2. The minimum absolute atomic E-state index is 0.266. The van der Waals surface area contributed by atoms with Crippen LogP contribution < -0.4 is 0 Å². The van der Waals surface area contributed by atoms with Crippen molar-refractivity contribution in [2.75, 3.05) is 6.54 Å². The van der Waals surface area contributed by atoms with Crippen molar-refractivity contribution >= 4 is 11.3 Å². The van der Waals surface area contributed by atoms with Crippen LogP contribution >= 0.6 is 11.3 Å². The number of nitrogens with zero attached hydrogens (tertiary/aromatic N) is 2. The summed E-state index contributed by atoms with van der Waals surface area (Å²) in [5.41, 5.74) is 2.07. The highest BCUT2D eigenvalue weighted by atomic mass is 32.1. The molecule has 3 nitrogen and oxygen atoms in total. The molecule has 2 aliphatic carbocycles. The molecule has 0 aliphatic heterocycles. The van der Waals surface area contributed by atoms with Crippen LogP contribution in [0.25, 0.3) is 0 Å². The van der Waals surface area contributed by atoms with Crippen LogP contribution in [0.3, 0.4) is 0 Å². The van der Waals surface area contributed by atoms with Gasteiger partial charge >= 0.3 is 0 Å². The van der Waals surface area contributed by atoms with E-state index in [1.165, 1.54) is 53.4 Å². The van der Waals surface area contributed by atoms with E-state index in [1.54, 1.807) is 12.1 Å². The van der Waals surface area contributed by atoms with Gasteiger partial charge in [0.1, 0.15) is 10.8 Å². The summed E-state index contributed by atoms with van der Waals surface area (Å²) in [5.74, 6) is -0.266. The van der Waals surface area contributed by atoms with Gasteiger partial charge < -0.3 is 5.11 Å². The quantitative estimate of drug-likeness (QED) is 0.880. The largest absolute Gasteiger partial charge is 0.387 e. The van der Waals surface area contributed by atoms with Crippen molar-refractivity contribution in [3.05, 3.63) is 51.2 Å². The monoisotopic (exact) mass is 332 g/mol. The SMILES string of the molecule is OC(CN(Cc1nc2c(s1)CCC2)C1CC1)c1ccc(F)cc1. The Kier molecular flexibility index (Phi) is 4.18. The van der Waals surface area contributed by atoms with Crippen LogP contribution in [0, 0.1) is 5.82 Å². The lowest BCUT2D eigenvalue weighted by Gasteiger charge is -2.24. The van der Waals surface area contributed by atoms with Gasteiger partial charge in [0.25, 0.3) is 0 Å². The molecular formula is C18H21FN2OS. The second-order valence-electron chi connectivity index (χ2n) is 6.56. The summed E-state index contributed by atoms with van der Waals surface area (Å²) in [4.78, 5) is 8.57. The maximum atomic E-state index is 13.0. The number of benzene rings is 1. The summed E-state index contributed by atoms with van der Waals surface area (Å²) in [7, 11) is 0. The van der Waals surface area contributed by atoms with Crippen molar-refractivity contribution in [1.29, 1.82) is 0 Å².